The quantitative estimate of drug-likeness (QED) is 0.756. The van der Waals surface area contributed by atoms with Gasteiger partial charge in [0.05, 0.1) is 5.02 Å². The van der Waals surface area contributed by atoms with E-state index in [4.69, 9.17) is 11.6 Å². The molecule has 2 aromatic rings. The van der Waals surface area contributed by atoms with Crippen molar-refractivity contribution in [1.82, 2.24) is 9.97 Å². The lowest BCUT2D eigenvalue weighted by atomic mass is 10.2. The van der Waals surface area contributed by atoms with Gasteiger partial charge >= 0.3 is 0 Å². The Hall–Kier alpha value is -1.35. The lowest BCUT2D eigenvalue weighted by Gasteiger charge is -2.03. The van der Waals surface area contributed by atoms with Gasteiger partial charge in [0, 0.05) is 24.8 Å². The molecule has 13 heavy (non-hydrogen) atoms. The Morgan fingerprint density at radius 3 is 2.77 bits per heavy atom. The summed E-state index contributed by atoms with van der Waals surface area (Å²) in [4.78, 5) is 8.34. The van der Waals surface area contributed by atoms with E-state index in [2.05, 4.69) is 15.3 Å². The topological polar surface area (TPSA) is 37.8 Å². The molecule has 2 rings (SSSR count). The maximum absolute atomic E-state index is 5.99. The van der Waals surface area contributed by atoms with Gasteiger partial charge in [-0.15, -0.1) is 0 Å². The lowest BCUT2D eigenvalue weighted by molar-refractivity contribution is 1.28. The molecule has 0 atom stereocenters. The average Bonchev–Trinajstić information content (AvgIpc) is 2.18. The van der Waals surface area contributed by atoms with Gasteiger partial charge in [0.2, 0.25) is 0 Å². The number of nitrogens with one attached hydrogen (secondary N) is 1. The normalized spacial score (nSPS) is 10.3. The molecule has 0 radical (unpaired) electrons. The zero-order valence-electron chi connectivity index (χ0n) is 7.08. The highest BCUT2D eigenvalue weighted by atomic mass is 35.5. The molecule has 0 fully saturated rings. The summed E-state index contributed by atoms with van der Waals surface area (Å²) in [6.45, 7) is 0. The Labute approximate surface area is 80.8 Å². The zero-order chi connectivity index (χ0) is 9.26. The highest BCUT2D eigenvalue weighted by Crippen LogP contribution is 2.24. The minimum Gasteiger partial charge on any atom is -0.371 e. The monoisotopic (exact) mass is 193 g/mol. The summed E-state index contributed by atoms with van der Waals surface area (Å²) in [6, 6.07) is 3.62. The molecule has 0 saturated carbocycles. The van der Waals surface area contributed by atoms with Crippen molar-refractivity contribution in [2.24, 2.45) is 0 Å². The summed E-state index contributed by atoms with van der Waals surface area (Å²) < 4.78 is 0. The molecule has 0 amide bonds. The molecular formula is C9H8ClN3. The Balaban J connectivity index is 2.84. The molecule has 66 valence electrons. The standard InChI is InChI=1S/C9H8ClN3/c1-11-9-8-6(2-4-13-9)7(10)3-5-12-8/h2-5H,1H3,(H,11,13). The van der Waals surface area contributed by atoms with Crippen molar-refractivity contribution in [3.8, 4) is 0 Å². The third-order valence-corrected chi connectivity index (χ3v) is 2.17. The molecule has 1 N–H and O–H groups in total. The first-order valence-corrected chi connectivity index (χ1v) is 4.27. The summed E-state index contributed by atoms with van der Waals surface area (Å²) in [5.41, 5.74) is 0.803. The Morgan fingerprint density at radius 1 is 1.23 bits per heavy atom. The number of fused-ring (bicyclic) bond motifs is 1. The van der Waals surface area contributed by atoms with E-state index < -0.39 is 0 Å². The molecule has 0 bridgehead atoms. The third-order valence-electron chi connectivity index (χ3n) is 1.84. The summed E-state index contributed by atoms with van der Waals surface area (Å²) >= 11 is 5.99. The van der Waals surface area contributed by atoms with Crippen LogP contribution in [-0.4, -0.2) is 17.0 Å². The van der Waals surface area contributed by atoms with Gasteiger partial charge in [-0.3, -0.25) is 4.98 Å². The van der Waals surface area contributed by atoms with E-state index in [9.17, 15) is 0 Å². The van der Waals surface area contributed by atoms with Gasteiger partial charge in [0.15, 0.2) is 5.82 Å². The van der Waals surface area contributed by atoms with Crippen LogP contribution in [0.4, 0.5) is 5.82 Å². The first-order chi connectivity index (χ1) is 6.33. The summed E-state index contributed by atoms with van der Waals surface area (Å²) in [7, 11) is 1.81. The molecule has 0 aliphatic rings. The smallest absolute Gasteiger partial charge is 0.152 e. The van der Waals surface area contributed by atoms with Crippen molar-refractivity contribution in [2.45, 2.75) is 0 Å². The number of aromatic nitrogens is 2. The molecule has 3 nitrogen and oxygen atoms in total. The highest BCUT2D eigenvalue weighted by molar-refractivity contribution is 6.35. The third kappa shape index (κ3) is 1.31. The van der Waals surface area contributed by atoms with Crippen LogP contribution in [0.2, 0.25) is 5.02 Å². The van der Waals surface area contributed by atoms with Crippen LogP contribution < -0.4 is 5.32 Å². The largest absolute Gasteiger partial charge is 0.371 e. The second-order valence-corrected chi connectivity index (χ2v) is 3.01. The molecule has 0 saturated heterocycles. The fourth-order valence-electron chi connectivity index (χ4n) is 1.23. The Bertz CT molecular complexity index is 442. The minimum atomic E-state index is 0.698. The predicted molar refractivity (Wildman–Crippen MR) is 54.1 cm³/mol. The van der Waals surface area contributed by atoms with E-state index in [1.54, 1.807) is 18.5 Å². The number of anilines is 1. The molecule has 0 aromatic carbocycles. The first-order valence-electron chi connectivity index (χ1n) is 3.90. The summed E-state index contributed by atoms with van der Waals surface area (Å²) in [5, 5.41) is 4.58. The van der Waals surface area contributed by atoms with Crippen molar-refractivity contribution < 1.29 is 0 Å². The maximum Gasteiger partial charge on any atom is 0.152 e. The van der Waals surface area contributed by atoms with Crippen LogP contribution in [0.5, 0.6) is 0 Å². The molecule has 0 aliphatic heterocycles. The zero-order valence-corrected chi connectivity index (χ0v) is 7.84. The number of hydrogen-bond donors (Lipinski definition) is 1. The van der Waals surface area contributed by atoms with Gasteiger partial charge in [-0.2, -0.15) is 0 Å². The fraction of sp³-hybridized carbons (Fsp3) is 0.111. The van der Waals surface area contributed by atoms with Gasteiger partial charge in [0.1, 0.15) is 5.52 Å². The van der Waals surface area contributed by atoms with Gasteiger partial charge < -0.3 is 5.32 Å². The number of pyridine rings is 2. The van der Waals surface area contributed by atoms with Crippen LogP contribution in [-0.2, 0) is 0 Å². The lowest BCUT2D eigenvalue weighted by Crippen LogP contribution is -1.94. The molecule has 2 heterocycles. The second-order valence-electron chi connectivity index (χ2n) is 2.60. The second kappa shape index (κ2) is 3.18. The summed E-state index contributed by atoms with van der Waals surface area (Å²) in [6.07, 6.45) is 3.38. The van der Waals surface area contributed by atoms with Gasteiger partial charge in [0.25, 0.3) is 0 Å². The Morgan fingerprint density at radius 2 is 2.00 bits per heavy atom. The van der Waals surface area contributed by atoms with Crippen LogP contribution in [0, 0.1) is 0 Å². The molecule has 0 unspecified atom stereocenters. The van der Waals surface area contributed by atoms with E-state index in [1.807, 2.05) is 13.1 Å². The average molecular weight is 194 g/mol. The van der Waals surface area contributed by atoms with Gasteiger partial charge in [-0.05, 0) is 12.1 Å². The Kier molecular flexibility index (Phi) is 2.02. The fourth-order valence-corrected chi connectivity index (χ4v) is 1.44. The van der Waals surface area contributed by atoms with E-state index in [0.29, 0.717) is 5.02 Å². The van der Waals surface area contributed by atoms with Crippen LogP contribution in [0.15, 0.2) is 24.5 Å². The van der Waals surface area contributed by atoms with E-state index in [0.717, 1.165) is 16.7 Å². The number of rotatable bonds is 1. The SMILES string of the molecule is CNc1nccc2c(Cl)ccnc12. The molecule has 2 aromatic heterocycles. The van der Waals surface area contributed by atoms with Gasteiger partial charge in [-0.25, -0.2) is 4.98 Å². The van der Waals surface area contributed by atoms with Crippen LogP contribution >= 0.6 is 11.6 Å². The maximum atomic E-state index is 5.99. The molecule has 0 aliphatic carbocycles. The van der Waals surface area contributed by atoms with Crippen LogP contribution in [0.3, 0.4) is 0 Å². The number of hydrogen-bond acceptors (Lipinski definition) is 3. The molecular weight excluding hydrogens is 186 g/mol. The predicted octanol–water partition coefficient (Wildman–Crippen LogP) is 2.32. The van der Waals surface area contributed by atoms with E-state index >= 15 is 0 Å². The number of nitrogens with zero attached hydrogens (tertiary/aromatic N) is 2. The van der Waals surface area contributed by atoms with Gasteiger partial charge in [-0.1, -0.05) is 11.6 Å². The van der Waals surface area contributed by atoms with Crippen molar-refractivity contribution >= 4 is 28.3 Å². The summed E-state index contributed by atoms with van der Waals surface area (Å²) in [5.74, 6) is 0.750. The van der Waals surface area contributed by atoms with Crippen LogP contribution in [0.25, 0.3) is 10.9 Å². The highest BCUT2D eigenvalue weighted by Gasteiger charge is 2.03. The molecule has 4 heteroatoms. The molecule has 0 spiro atoms. The first kappa shape index (κ1) is 8.26. The minimum absolute atomic E-state index is 0.698. The van der Waals surface area contributed by atoms with Crippen LogP contribution in [0.1, 0.15) is 0 Å². The number of halogens is 1. The van der Waals surface area contributed by atoms with Crippen molar-refractivity contribution in [3.05, 3.63) is 29.5 Å². The van der Waals surface area contributed by atoms with E-state index in [-0.39, 0.29) is 0 Å². The van der Waals surface area contributed by atoms with E-state index in [1.165, 1.54) is 0 Å². The van der Waals surface area contributed by atoms with Crippen molar-refractivity contribution in [3.63, 3.8) is 0 Å². The van der Waals surface area contributed by atoms with Crippen molar-refractivity contribution in [2.75, 3.05) is 12.4 Å². The van der Waals surface area contributed by atoms with Crippen molar-refractivity contribution in [1.29, 1.82) is 0 Å².